The number of hydrogen-bond acceptors (Lipinski definition) is 2. The third-order valence-corrected chi connectivity index (χ3v) is 3.15. The maximum atomic E-state index is 13.5. The Morgan fingerprint density at radius 1 is 1.44 bits per heavy atom. The van der Waals surface area contributed by atoms with E-state index in [2.05, 4.69) is 5.10 Å². The Morgan fingerprint density at radius 3 is 2.72 bits per heavy atom. The molecule has 2 aromatic rings. The SMILES string of the molecule is Cc1c(Cl)cnn1CC(N)c1ccc(F)cc1F. The smallest absolute Gasteiger partial charge is 0.130 e. The molecule has 0 spiro atoms. The molecule has 0 aliphatic carbocycles. The van der Waals surface area contributed by atoms with Crippen molar-refractivity contribution in [3.8, 4) is 0 Å². The lowest BCUT2D eigenvalue weighted by Gasteiger charge is -2.14. The summed E-state index contributed by atoms with van der Waals surface area (Å²) in [5.41, 5.74) is 6.90. The highest BCUT2D eigenvalue weighted by Crippen LogP contribution is 2.20. The van der Waals surface area contributed by atoms with Crippen molar-refractivity contribution in [2.24, 2.45) is 5.73 Å². The number of nitrogens with two attached hydrogens (primary N) is 1. The molecule has 2 rings (SSSR count). The fraction of sp³-hybridized carbons (Fsp3) is 0.250. The highest BCUT2D eigenvalue weighted by Gasteiger charge is 2.14. The lowest BCUT2D eigenvalue weighted by atomic mass is 10.1. The van der Waals surface area contributed by atoms with Crippen molar-refractivity contribution in [2.75, 3.05) is 0 Å². The molecule has 0 saturated carbocycles. The number of aromatic nitrogens is 2. The predicted octanol–water partition coefficient (Wildman–Crippen LogP) is 2.82. The van der Waals surface area contributed by atoms with Crippen molar-refractivity contribution in [1.82, 2.24) is 9.78 Å². The molecule has 0 aliphatic rings. The zero-order chi connectivity index (χ0) is 13.3. The number of rotatable bonds is 3. The summed E-state index contributed by atoms with van der Waals surface area (Å²) in [5.74, 6) is -1.28. The van der Waals surface area contributed by atoms with Crippen LogP contribution in [0.4, 0.5) is 8.78 Å². The van der Waals surface area contributed by atoms with Gasteiger partial charge in [0.2, 0.25) is 0 Å². The molecule has 0 bridgehead atoms. The van der Waals surface area contributed by atoms with E-state index in [0.29, 0.717) is 5.02 Å². The number of hydrogen-bond donors (Lipinski definition) is 1. The van der Waals surface area contributed by atoms with Crippen molar-refractivity contribution in [3.63, 3.8) is 0 Å². The summed E-state index contributed by atoms with van der Waals surface area (Å²) >= 11 is 5.86. The van der Waals surface area contributed by atoms with E-state index in [1.807, 2.05) is 0 Å². The molecule has 1 aromatic heterocycles. The zero-order valence-corrected chi connectivity index (χ0v) is 10.5. The summed E-state index contributed by atoms with van der Waals surface area (Å²) in [5, 5.41) is 4.57. The third-order valence-electron chi connectivity index (χ3n) is 2.77. The van der Waals surface area contributed by atoms with Gasteiger partial charge in [0.05, 0.1) is 29.5 Å². The van der Waals surface area contributed by atoms with E-state index < -0.39 is 17.7 Å². The summed E-state index contributed by atoms with van der Waals surface area (Å²) in [6, 6.07) is 2.73. The highest BCUT2D eigenvalue weighted by molar-refractivity contribution is 6.31. The Labute approximate surface area is 108 Å². The first-order valence-electron chi connectivity index (χ1n) is 5.37. The van der Waals surface area contributed by atoms with E-state index in [4.69, 9.17) is 17.3 Å². The van der Waals surface area contributed by atoms with Crippen LogP contribution < -0.4 is 5.73 Å². The first kappa shape index (κ1) is 13.0. The van der Waals surface area contributed by atoms with Crippen LogP contribution in [0.5, 0.6) is 0 Å². The Kier molecular flexibility index (Phi) is 3.63. The van der Waals surface area contributed by atoms with Crippen molar-refractivity contribution < 1.29 is 8.78 Å². The van der Waals surface area contributed by atoms with E-state index in [9.17, 15) is 8.78 Å². The Balaban J connectivity index is 2.22. The van der Waals surface area contributed by atoms with Gasteiger partial charge in [-0.1, -0.05) is 17.7 Å². The van der Waals surface area contributed by atoms with Crippen LogP contribution in [0.25, 0.3) is 0 Å². The molecule has 0 saturated heterocycles. The van der Waals surface area contributed by atoms with Gasteiger partial charge in [-0.2, -0.15) is 5.10 Å². The van der Waals surface area contributed by atoms with E-state index >= 15 is 0 Å². The Hall–Kier alpha value is -1.46. The summed E-state index contributed by atoms with van der Waals surface area (Å²) in [6.45, 7) is 2.07. The van der Waals surface area contributed by atoms with Gasteiger partial charge in [-0.05, 0) is 13.0 Å². The average Bonchev–Trinajstić information content (AvgIpc) is 2.61. The first-order valence-corrected chi connectivity index (χ1v) is 5.75. The molecule has 0 aliphatic heterocycles. The Bertz CT molecular complexity index is 568. The number of benzene rings is 1. The van der Waals surface area contributed by atoms with Crippen LogP contribution in [-0.4, -0.2) is 9.78 Å². The number of halogens is 3. The molecule has 1 aromatic carbocycles. The van der Waals surface area contributed by atoms with Gasteiger partial charge in [0.1, 0.15) is 11.6 Å². The van der Waals surface area contributed by atoms with Crippen molar-refractivity contribution >= 4 is 11.6 Å². The van der Waals surface area contributed by atoms with Gasteiger partial charge in [-0.25, -0.2) is 8.78 Å². The van der Waals surface area contributed by atoms with Crippen molar-refractivity contribution in [3.05, 3.63) is 52.3 Å². The van der Waals surface area contributed by atoms with E-state index in [1.165, 1.54) is 18.3 Å². The number of nitrogens with zero attached hydrogens (tertiary/aromatic N) is 2. The van der Waals surface area contributed by atoms with Crippen LogP contribution in [0.3, 0.4) is 0 Å². The fourth-order valence-corrected chi connectivity index (χ4v) is 1.84. The second-order valence-electron chi connectivity index (χ2n) is 4.03. The van der Waals surface area contributed by atoms with Crippen LogP contribution in [0.15, 0.2) is 24.4 Å². The largest absolute Gasteiger partial charge is 0.322 e. The van der Waals surface area contributed by atoms with Gasteiger partial charge in [0.25, 0.3) is 0 Å². The average molecular weight is 272 g/mol. The quantitative estimate of drug-likeness (QED) is 0.933. The summed E-state index contributed by atoms with van der Waals surface area (Å²) in [6.07, 6.45) is 1.50. The molecule has 0 amide bonds. The summed E-state index contributed by atoms with van der Waals surface area (Å²) < 4.78 is 27.9. The monoisotopic (exact) mass is 271 g/mol. The summed E-state index contributed by atoms with van der Waals surface area (Å²) in [7, 11) is 0. The van der Waals surface area contributed by atoms with Gasteiger partial charge in [0.15, 0.2) is 0 Å². The molecule has 2 N–H and O–H groups in total. The van der Waals surface area contributed by atoms with Crippen LogP contribution in [0.2, 0.25) is 5.02 Å². The fourth-order valence-electron chi connectivity index (χ4n) is 1.69. The zero-order valence-electron chi connectivity index (χ0n) is 9.70. The Morgan fingerprint density at radius 2 is 2.17 bits per heavy atom. The molecule has 96 valence electrons. The maximum absolute atomic E-state index is 13.5. The molecule has 3 nitrogen and oxygen atoms in total. The minimum atomic E-state index is -0.654. The first-order chi connectivity index (χ1) is 8.49. The van der Waals surface area contributed by atoms with Crippen molar-refractivity contribution in [2.45, 2.75) is 19.5 Å². The molecule has 0 radical (unpaired) electrons. The van der Waals surface area contributed by atoms with Gasteiger partial charge >= 0.3 is 0 Å². The van der Waals surface area contributed by atoms with Crippen LogP contribution >= 0.6 is 11.6 Å². The molecule has 0 fully saturated rings. The standard InChI is InChI=1S/C12H12ClF2N3/c1-7-10(13)5-17-18(7)6-12(16)9-3-2-8(14)4-11(9)15/h2-5,12H,6,16H2,1H3. The highest BCUT2D eigenvalue weighted by atomic mass is 35.5. The van der Waals surface area contributed by atoms with Gasteiger partial charge in [0, 0.05) is 11.6 Å². The van der Waals surface area contributed by atoms with Crippen LogP contribution in [0.1, 0.15) is 17.3 Å². The molecule has 18 heavy (non-hydrogen) atoms. The summed E-state index contributed by atoms with van der Waals surface area (Å²) in [4.78, 5) is 0. The topological polar surface area (TPSA) is 43.8 Å². The lowest BCUT2D eigenvalue weighted by Crippen LogP contribution is -2.20. The maximum Gasteiger partial charge on any atom is 0.130 e. The van der Waals surface area contributed by atoms with E-state index in [0.717, 1.165) is 11.8 Å². The van der Waals surface area contributed by atoms with Gasteiger partial charge < -0.3 is 5.73 Å². The normalized spacial score (nSPS) is 12.7. The minimum Gasteiger partial charge on any atom is -0.322 e. The van der Waals surface area contributed by atoms with Gasteiger partial charge in [-0.15, -0.1) is 0 Å². The van der Waals surface area contributed by atoms with Crippen LogP contribution in [-0.2, 0) is 6.54 Å². The molecule has 1 atom stereocenters. The molecular formula is C12H12ClF2N3. The second-order valence-corrected chi connectivity index (χ2v) is 4.44. The van der Waals surface area contributed by atoms with Gasteiger partial charge in [-0.3, -0.25) is 4.68 Å². The van der Waals surface area contributed by atoms with Crippen LogP contribution in [0, 0.1) is 18.6 Å². The van der Waals surface area contributed by atoms with E-state index in [-0.39, 0.29) is 12.1 Å². The van der Waals surface area contributed by atoms with Crippen molar-refractivity contribution in [1.29, 1.82) is 0 Å². The molecule has 1 unspecified atom stereocenters. The lowest BCUT2D eigenvalue weighted by molar-refractivity contribution is 0.489. The predicted molar refractivity (Wildman–Crippen MR) is 65.3 cm³/mol. The third kappa shape index (κ3) is 2.52. The van der Waals surface area contributed by atoms with E-state index in [1.54, 1.807) is 11.6 Å². The molecule has 6 heteroatoms. The minimum absolute atomic E-state index is 0.252. The second kappa shape index (κ2) is 5.04. The molecule has 1 heterocycles. The molecular weight excluding hydrogens is 260 g/mol.